The van der Waals surface area contributed by atoms with Gasteiger partial charge in [0.2, 0.25) is 0 Å². The van der Waals surface area contributed by atoms with Gasteiger partial charge in [-0.2, -0.15) is 10.5 Å². The first kappa shape index (κ1) is 10.9. The van der Waals surface area contributed by atoms with Crippen molar-refractivity contribution in [3.8, 4) is 12.1 Å². The molecular formula is C9H11F2N3. The summed E-state index contributed by atoms with van der Waals surface area (Å²) < 4.78 is 25.3. The molecule has 0 aromatic carbocycles. The van der Waals surface area contributed by atoms with Crippen molar-refractivity contribution in [1.29, 1.82) is 10.5 Å². The molecule has 1 heterocycles. The van der Waals surface area contributed by atoms with Crippen molar-refractivity contribution in [2.45, 2.75) is 31.2 Å². The van der Waals surface area contributed by atoms with E-state index in [0.717, 1.165) is 19.3 Å². The molecule has 0 radical (unpaired) electrons. The lowest BCUT2D eigenvalue weighted by Crippen LogP contribution is -2.53. The van der Waals surface area contributed by atoms with Crippen LogP contribution in [0, 0.1) is 22.7 Å². The van der Waals surface area contributed by atoms with E-state index in [0.29, 0.717) is 13.1 Å². The van der Waals surface area contributed by atoms with Gasteiger partial charge in [-0.1, -0.05) is 6.42 Å². The van der Waals surface area contributed by atoms with Crippen molar-refractivity contribution in [3.63, 3.8) is 0 Å². The Kier molecular flexibility index (Phi) is 3.38. The zero-order valence-corrected chi connectivity index (χ0v) is 7.71. The standard InChI is InChI=1S/C9H11F2N3/c10-8(11)9(6-12,7-13)14-4-2-1-3-5-14/h8H,1-5H2. The molecule has 0 spiro atoms. The molecule has 0 aliphatic carbocycles. The summed E-state index contributed by atoms with van der Waals surface area (Å²) in [6.07, 6.45) is -0.405. The molecule has 14 heavy (non-hydrogen) atoms. The third-order valence-corrected chi connectivity index (χ3v) is 2.51. The molecule has 0 amide bonds. The van der Waals surface area contributed by atoms with Gasteiger partial charge in [0.05, 0.1) is 0 Å². The Bertz CT molecular complexity index is 257. The second-order valence-corrected chi connectivity index (χ2v) is 3.34. The van der Waals surface area contributed by atoms with Gasteiger partial charge in [-0.05, 0) is 12.8 Å². The number of piperidine rings is 1. The summed E-state index contributed by atoms with van der Waals surface area (Å²) in [5.41, 5.74) is -2.24. The Hall–Kier alpha value is -1.20. The predicted molar refractivity (Wildman–Crippen MR) is 45.4 cm³/mol. The molecule has 1 saturated heterocycles. The first-order valence-corrected chi connectivity index (χ1v) is 4.53. The molecule has 0 atom stereocenters. The van der Waals surface area contributed by atoms with Crippen LogP contribution in [0.2, 0.25) is 0 Å². The van der Waals surface area contributed by atoms with E-state index in [1.807, 2.05) is 0 Å². The van der Waals surface area contributed by atoms with Gasteiger partial charge in [-0.15, -0.1) is 0 Å². The summed E-state index contributed by atoms with van der Waals surface area (Å²) in [6, 6.07) is 2.90. The summed E-state index contributed by atoms with van der Waals surface area (Å²) in [6.45, 7) is 0.816. The molecule has 0 aromatic rings. The van der Waals surface area contributed by atoms with Crippen molar-refractivity contribution in [1.82, 2.24) is 4.90 Å². The normalized spacial score (nSPS) is 18.9. The summed E-state index contributed by atoms with van der Waals surface area (Å²) >= 11 is 0. The van der Waals surface area contributed by atoms with Crippen LogP contribution in [-0.4, -0.2) is 30.0 Å². The molecule has 1 fully saturated rings. The van der Waals surface area contributed by atoms with Gasteiger partial charge in [0, 0.05) is 13.1 Å². The molecule has 0 aromatic heterocycles. The molecule has 0 bridgehead atoms. The fourth-order valence-electron chi connectivity index (χ4n) is 1.65. The fourth-order valence-corrected chi connectivity index (χ4v) is 1.65. The monoisotopic (exact) mass is 199 g/mol. The molecule has 1 rings (SSSR count). The summed E-state index contributed by atoms with van der Waals surface area (Å²) in [5, 5.41) is 17.4. The zero-order valence-electron chi connectivity index (χ0n) is 7.71. The lowest BCUT2D eigenvalue weighted by Gasteiger charge is -2.35. The highest BCUT2D eigenvalue weighted by atomic mass is 19.3. The minimum Gasteiger partial charge on any atom is -0.269 e. The molecule has 0 saturated carbocycles. The molecular weight excluding hydrogens is 188 g/mol. The van der Waals surface area contributed by atoms with E-state index in [2.05, 4.69) is 0 Å². The van der Waals surface area contributed by atoms with Crippen LogP contribution in [0.3, 0.4) is 0 Å². The van der Waals surface area contributed by atoms with E-state index >= 15 is 0 Å². The van der Waals surface area contributed by atoms with E-state index in [1.54, 1.807) is 0 Å². The molecule has 0 N–H and O–H groups in total. The van der Waals surface area contributed by atoms with Gasteiger partial charge < -0.3 is 0 Å². The predicted octanol–water partition coefficient (Wildman–Crippen LogP) is 1.52. The van der Waals surface area contributed by atoms with Crippen molar-refractivity contribution in [2.75, 3.05) is 13.1 Å². The summed E-state index contributed by atoms with van der Waals surface area (Å²) in [4.78, 5) is 1.29. The Morgan fingerprint density at radius 1 is 1.07 bits per heavy atom. The van der Waals surface area contributed by atoms with E-state index in [-0.39, 0.29) is 0 Å². The number of hydrogen-bond donors (Lipinski definition) is 0. The second-order valence-electron chi connectivity index (χ2n) is 3.34. The maximum absolute atomic E-state index is 12.7. The van der Waals surface area contributed by atoms with Crippen LogP contribution < -0.4 is 0 Å². The zero-order chi connectivity index (χ0) is 10.6. The Morgan fingerprint density at radius 3 is 1.93 bits per heavy atom. The number of hydrogen-bond acceptors (Lipinski definition) is 3. The first-order valence-electron chi connectivity index (χ1n) is 4.53. The lowest BCUT2D eigenvalue weighted by molar-refractivity contribution is 0.00411. The third-order valence-electron chi connectivity index (χ3n) is 2.51. The van der Waals surface area contributed by atoms with Gasteiger partial charge in [-0.25, -0.2) is 8.78 Å². The minimum absolute atomic E-state index is 0.408. The van der Waals surface area contributed by atoms with Crippen LogP contribution in [0.5, 0.6) is 0 Å². The first-order chi connectivity index (χ1) is 6.67. The van der Waals surface area contributed by atoms with Crippen molar-refractivity contribution in [3.05, 3.63) is 0 Å². The average molecular weight is 199 g/mol. The second kappa shape index (κ2) is 4.34. The average Bonchev–Trinajstić information content (AvgIpc) is 2.22. The highest BCUT2D eigenvalue weighted by molar-refractivity contribution is 5.24. The third kappa shape index (κ3) is 1.69. The Morgan fingerprint density at radius 2 is 1.57 bits per heavy atom. The van der Waals surface area contributed by atoms with Crippen LogP contribution in [0.15, 0.2) is 0 Å². The van der Waals surface area contributed by atoms with Gasteiger partial charge in [0.15, 0.2) is 0 Å². The Balaban J connectivity index is 2.87. The number of rotatable bonds is 2. The van der Waals surface area contributed by atoms with E-state index in [9.17, 15) is 8.78 Å². The SMILES string of the molecule is N#CC(C#N)(C(F)F)N1CCCCC1. The number of alkyl halides is 2. The molecule has 1 aliphatic rings. The largest absolute Gasteiger partial charge is 0.283 e. The number of nitrogens with zero attached hydrogens (tertiary/aromatic N) is 3. The maximum atomic E-state index is 12.7. The number of nitriles is 2. The van der Waals surface area contributed by atoms with Gasteiger partial charge in [0.1, 0.15) is 12.1 Å². The van der Waals surface area contributed by atoms with E-state index < -0.39 is 12.0 Å². The van der Waals surface area contributed by atoms with Crippen LogP contribution in [0.1, 0.15) is 19.3 Å². The quantitative estimate of drug-likeness (QED) is 0.677. The minimum atomic E-state index is -2.93. The van der Waals surface area contributed by atoms with Crippen molar-refractivity contribution in [2.24, 2.45) is 0 Å². The summed E-state index contributed by atoms with van der Waals surface area (Å²) in [7, 11) is 0. The van der Waals surface area contributed by atoms with Crippen molar-refractivity contribution < 1.29 is 8.78 Å². The summed E-state index contributed by atoms with van der Waals surface area (Å²) in [5.74, 6) is 0. The molecule has 0 unspecified atom stereocenters. The number of likely N-dealkylation sites (tertiary alicyclic amines) is 1. The Labute approximate surface area is 81.5 Å². The highest BCUT2D eigenvalue weighted by Crippen LogP contribution is 2.26. The van der Waals surface area contributed by atoms with Crippen LogP contribution in [-0.2, 0) is 0 Å². The molecule has 76 valence electrons. The maximum Gasteiger partial charge on any atom is 0.283 e. The van der Waals surface area contributed by atoms with Crippen molar-refractivity contribution >= 4 is 0 Å². The lowest BCUT2D eigenvalue weighted by atomic mass is 9.98. The van der Waals surface area contributed by atoms with Crippen LogP contribution in [0.25, 0.3) is 0 Å². The van der Waals surface area contributed by atoms with Crippen LogP contribution >= 0.6 is 0 Å². The van der Waals surface area contributed by atoms with Gasteiger partial charge >= 0.3 is 0 Å². The van der Waals surface area contributed by atoms with Gasteiger partial charge in [0.25, 0.3) is 12.0 Å². The topological polar surface area (TPSA) is 50.8 Å². The molecule has 1 aliphatic heterocycles. The molecule has 3 nitrogen and oxygen atoms in total. The van der Waals surface area contributed by atoms with Crippen LogP contribution in [0.4, 0.5) is 8.78 Å². The smallest absolute Gasteiger partial charge is 0.269 e. The highest BCUT2D eigenvalue weighted by Gasteiger charge is 2.47. The van der Waals surface area contributed by atoms with E-state index in [1.165, 1.54) is 17.0 Å². The number of halogens is 2. The van der Waals surface area contributed by atoms with E-state index in [4.69, 9.17) is 10.5 Å². The molecule has 5 heteroatoms. The fraction of sp³-hybridized carbons (Fsp3) is 0.778. The van der Waals surface area contributed by atoms with Gasteiger partial charge in [-0.3, -0.25) is 4.90 Å².